The maximum absolute atomic E-state index is 13.5. The summed E-state index contributed by atoms with van der Waals surface area (Å²) in [5.74, 6) is 0.551. The van der Waals surface area contributed by atoms with E-state index in [1.807, 2.05) is 0 Å². The van der Waals surface area contributed by atoms with Gasteiger partial charge < -0.3 is 10.3 Å². The van der Waals surface area contributed by atoms with E-state index in [0.29, 0.717) is 44.4 Å². The number of imidazole rings is 1. The number of aromatic nitrogens is 6. The number of anilines is 2. The summed E-state index contributed by atoms with van der Waals surface area (Å²) < 4.78 is 14.8. The Labute approximate surface area is 185 Å². The molecule has 9 nitrogen and oxygen atoms in total. The standard InChI is InChI=1S/C21H16ClFN8O/c1-30(13-7-5-12(23)6-8-13)31-16(29-15-4-2-3-14(22)17(15)21(31)32)9-24-19-18-20(26-10-25-18)28-11-27-19/h2-8,10-11H,9H2,1H3,(H2,24,25,26,27,28). The van der Waals surface area contributed by atoms with Gasteiger partial charge in [-0.15, -0.1) is 0 Å². The van der Waals surface area contributed by atoms with E-state index in [4.69, 9.17) is 11.6 Å². The average Bonchev–Trinajstić information content (AvgIpc) is 3.27. The second-order valence-electron chi connectivity index (χ2n) is 6.96. The molecule has 3 heterocycles. The van der Waals surface area contributed by atoms with E-state index in [0.717, 1.165) is 0 Å². The molecule has 5 rings (SSSR count). The summed E-state index contributed by atoms with van der Waals surface area (Å²) in [4.78, 5) is 33.6. The third-order valence-electron chi connectivity index (χ3n) is 5.03. The van der Waals surface area contributed by atoms with Crippen molar-refractivity contribution in [3.63, 3.8) is 0 Å². The number of fused-ring (bicyclic) bond motifs is 2. The molecular weight excluding hydrogens is 435 g/mol. The number of hydrogen-bond donors (Lipinski definition) is 2. The quantitative estimate of drug-likeness (QED) is 0.423. The highest BCUT2D eigenvalue weighted by Gasteiger charge is 2.18. The van der Waals surface area contributed by atoms with Crippen LogP contribution < -0.4 is 15.9 Å². The van der Waals surface area contributed by atoms with Gasteiger partial charge in [0.2, 0.25) is 0 Å². The largest absolute Gasteiger partial charge is 0.361 e. The van der Waals surface area contributed by atoms with Gasteiger partial charge in [-0.2, -0.15) is 0 Å². The van der Waals surface area contributed by atoms with E-state index in [9.17, 15) is 9.18 Å². The van der Waals surface area contributed by atoms with Crippen LogP contribution in [0.5, 0.6) is 0 Å². The minimum absolute atomic E-state index is 0.161. The maximum Gasteiger partial charge on any atom is 0.282 e. The number of nitrogens with zero attached hydrogens (tertiary/aromatic N) is 6. The van der Waals surface area contributed by atoms with Crippen molar-refractivity contribution in [2.24, 2.45) is 0 Å². The van der Waals surface area contributed by atoms with Crippen LogP contribution in [-0.4, -0.2) is 36.6 Å². The van der Waals surface area contributed by atoms with Crippen molar-refractivity contribution in [1.82, 2.24) is 29.6 Å². The fourth-order valence-corrected chi connectivity index (χ4v) is 3.74. The molecule has 32 heavy (non-hydrogen) atoms. The van der Waals surface area contributed by atoms with Gasteiger partial charge in [0.25, 0.3) is 5.56 Å². The summed E-state index contributed by atoms with van der Waals surface area (Å²) in [5.41, 5.74) is 1.87. The zero-order valence-electron chi connectivity index (χ0n) is 16.8. The van der Waals surface area contributed by atoms with E-state index in [-0.39, 0.29) is 17.9 Å². The lowest BCUT2D eigenvalue weighted by molar-refractivity contribution is 0.626. The Balaban J connectivity index is 1.63. The molecule has 0 saturated carbocycles. The van der Waals surface area contributed by atoms with Crippen molar-refractivity contribution >= 4 is 45.2 Å². The van der Waals surface area contributed by atoms with Gasteiger partial charge in [-0.05, 0) is 36.4 Å². The van der Waals surface area contributed by atoms with Crippen LogP contribution in [-0.2, 0) is 6.54 Å². The third kappa shape index (κ3) is 3.40. The molecule has 2 aromatic carbocycles. The zero-order valence-corrected chi connectivity index (χ0v) is 17.5. The van der Waals surface area contributed by atoms with Gasteiger partial charge >= 0.3 is 0 Å². The fourth-order valence-electron chi connectivity index (χ4n) is 3.49. The first kappa shape index (κ1) is 19.9. The highest BCUT2D eigenvalue weighted by molar-refractivity contribution is 6.35. The molecule has 0 aliphatic rings. The number of H-pyrrole nitrogens is 1. The summed E-state index contributed by atoms with van der Waals surface area (Å²) >= 11 is 6.32. The summed E-state index contributed by atoms with van der Waals surface area (Å²) in [5, 5.41) is 5.38. The third-order valence-corrected chi connectivity index (χ3v) is 5.34. The molecule has 0 unspecified atom stereocenters. The van der Waals surface area contributed by atoms with Crippen LogP contribution in [0.1, 0.15) is 5.82 Å². The predicted octanol–water partition coefficient (Wildman–Crippen LogP) is 3.37. The van der Waals surface area contributed by atoms with Crippen LogP contribution in [0.25, 0.3) is 22.1 Å². The molecule has 0 fully saturated rings. The molecular formula is C21H16ClFN8O. The van der Waals surface area contributed by atoms with Crippen molar-refractivity contribution in [1.29, 1.82) is 0 Å². The normalized spacial score (nSPS) is 11.2. The highest BCUT2D eigenvalue weighted by Crippen LogP contribution is 2.22. The number of nitrogens with one attached hydrogen (secondary N) is 2. The van der Waals surface area contributed by atoms with E-state index >= 15 is 0 Å². The van der Waals surface area contributed by atoms with Crippen LogP contribution in [0, 0.1) is 5.82 Å². The molecule has 11 heteroatoms. The van der Waals surface area contributed by atoms with Gasteiger partial charge in [-0.1, -0.05) is 17.7 Å². The van der Waals surface area contributed by atoms with Crippen LogP contribution in [0.15, 0.2) is 59.9 Å². The minimum Gasteiger partial charge on any atom is -0.361 e. The summed E-state index contributed by atoms with van der Waals surface area (Å²) in [7, 11) is 1.69. The lowest BCUT2D eigenvalue weighted by Gasteiger charge is -2.25. The van der Waals surface area contributed by atoms with Gasteiger partial charge in [0.15, 0.2) is 17.3 Å². The summed E-state index contributed by atoms with van der Waals surface area (Å²) in [6, 6.07) is 10.9. The Morgan fingerprint density at radius 1 is 1.16 bits per heavy atom. The van der Waals surface area contributed by atoms with Crippen LogP contribution in [0.2, 0.25) is 5.02 Å². The van der Waals surface area contributed by atoms with E-state index < -0.39 is 0 Å². The lowest BCUT2D eigenvalue weighted by Crippen LogP contribution is -2.39. The zero-order chi connectivity index (χ0) is 22.2. The molecule has 0 aliphatic heterocycles. The van der Waals surface area contributed by atoms with Crippen LogP contribution >= 0.6 is 11.6 Å². The number of benzene rings is 2. The highest BCUT2D eigenvalue weighted by atomic mass is 35.5. The van der Waals surface area contributed by atoms with Crippen molar-refractivity contribution in [3.8, 4) is 0 Å². The summed E-state index contributed by atoms with van der Waals surface area (Å²) in [6.45, 7) is 0.161. The van der Waals surface area contributed by atoms with Crippen molar-refractivity contribution in [3.05, 3.63) is 82.1 Å². The Morgan fingerprint density at radius 3 is 2.78 bits per heavy atom. The number of aromatic amines is 1. The Hall–Kier alpha value is -4.05. The number of rotatable bonds is 5. The first-order valence-electron chi connectivity index (χ1n) is 9.60. The lowest BCUT2D eigenvalue weighted by atomic mass is 10.2. The Kier molecular flexibility index (Phi) is 4.91. The molecule has 160 valence electrons. The van der Waals surface area contributed by atoms with Crippen molar-refractivity contribution in [2.45, 2.75) is 6.54 Å². The predicted molar refractivity (Wildman–Crippen MR) is 120 cm³/mol. The SMILES string of the molecule is CN(c1ccc(F)cc1)n1c(CNc2ncnc3nc[nH]c23)nc2cccc(Cl)c2c1=O. The first-order chi connectivity index (χ1) is 15.5. The topological polar surface area (TPSA) is 105 Å². The average molecular weight is 451 g/mol. The smallest absolute Gasteiger partial charge is 0.282 e. The molecule has 0 spiro atoms. The van der Waals surface area contributed by atoms with Gasteiger partial charge in [0.1, 0.15) is 17.7 Å². The molecule has 0 saturated heterocycles. The molecule has 2 N–H and O–H groups in total. The van der Waals surface area contributed by atoms with Gasteiger partial charge in [0.05, 0.1) is 34.5 Å². The Morgan fingerprint density at radius 2 is 1.97 bits per heavy atom. The number of halogens is 2. The van der Waals surface area contributed by atoms with E-state index in [1.165, 1.54) is 29.5 Å². The van der Waals surface area contributed by atoms with Gasteiger partial charge in [-0.3, -0.25) is 9.80 Å². The van der Waals surface area contributed by atoms with Crippen LogP contribution in [0.4, 0.5) is 15.9 Å². The number of hydrogen-bond acceptors (Lipinski definition) is 7. The monoisotopic (exact) mass is 450 g/mol. The second-order valence-corrected chi connectivity index (χ2v) is 7.36. The van der Waals surface area contributed by atoms with Gasteiger partial charge in [0, 0.05) is 7.05 Å². The molecule has 3 aromatic heterocycles. The minimum atomic E-state index is -0.372. The summed E-state index contributed by atoms with van der Waals surface area (Å²) in [6.07, 6.45) is 2.93. The van der Waals surface area contributed by atoms with E-state index in [2.05, 4.69) is 30.2 Å². The van der Waals surface area contributed by atoms with Crippen molar-refractivity contribution < 1.29 is 4.39 Å². The van der Waals surface area contributed by atoms with Gasteiger partial charge in [-0.25, -0.2) is 29.0 Å². The fraction of sp³-hybridized carbons (Fsp3) is 0.0952. The molecule has 0 amide bonds. The Bertz CT molecular complexity index is 1500. The molecule has 0 atom stereocenters. The molecule has 0 aliphatic carbocycles. The van der Waals surface area contributed by atoms with E-state index in [1.54, 1.807) is 42.4 Å². The molecule has 5 aromatic rings. The second kappa shape index (κ2) is 7.89. The van der Waals surface area contributed by atoms with Crippen LogP contribution in [0.3, 0.4) is 0 Å². The molecule has 0 bridgehead atoms. The maximum atomic E-state index is 13.5. The van der Waals surface area contributed by atoms with Crippen molar-refractivity contribution in [2.75, 3.05) is 17.4 Å². The first-order valence-corrected chi connectivity index (χ1v) is 9.98. The molecule has 0 radical (unpaired) electrons.